The lowest BCUT2D eigenvalue weighted by Gasteiger charge is -2.39. The standard InChI is InChI=1S/C35H48N4O5S/c1-7-22(5)27(21-40)39-30(32(42)37-23-11-15-25(16-12-23)38(8-2)9-3)35-20-19-34(6,45-35)28(29(35)33(39)43)31(41)36-24-13-17-26(18-14-24)44-10-4/h11-18,22,27-30,40H,7-10,19-21H2,1-6H3,(H,36,41)(H,37,42)/t22-,27-,28+,29-,30?,34-,35?/m0/s1. The van der Waals surface area contributed by atoms with Crippen LogP contribution < -0.4 is 20.3 Å². The quantitative estimate of drug-likeness (QED) is 0.270. The number of ether oxygens (including phenoxy) is 1. The fourth-order valence-corrected chi connectivity index (χ4v) is 10.2. The average Bonchev–Trinajstić information content (AvgIpc) is 3.60. The Morgan fingerprint density at radius 2 is 1.60 bits per heavy atom. The smallest absolute Gasteiger partial charge is 0.248 e. The van der Waals surface area contributed by atoms with Gasteiger partial charge in [0.1, 0.15) is 11.8 Å². The van der Waals surface area contributed by atoms with E-state index >= 15 is 0 Å². The van der Waals surface area contributed by atoms with Gasteiger partial charge in [-0.2, -0.15) is 0 Å². The van der Waals surface area contributed by atoms with Crippen LogP contribution in [-0.4, -0.2) is 75.6 Å². The maximum absolute atomic E-state index is 14.6. The molecule has 5 rings (SSSR count). The number of anilines is 3. The first-order valence-corrected chi connectivity index (χ1v) is 17.2. The van der Waals surface area contributed by atoms with Crippen LogP contribution in [0.2, 0.25) is 0 Å². The first-order valence-electron chi connectivity index (χ1n) is 16.4. The van der Waals surface area contributed by atoms with Gasteiger partial charge in [0, 0.05) is 34.9 Å². The Bertz CT molecular complexity index is 1380. The molecule has 9 nitrogen and oxygen atoms in total. The van der Waals surface area contributed by atoms with Crippen LogP contribution in [0.5, 0.6) is 5.75 Å². The number of benzene rings is 2. The molecule has 0 aromatic heterocycles. The highest BCUT2D eigenvalue weighted by molar-refractivity contribution is 8.02. The van der Waals surface area contributed by atoms with Gasteiger partial charge in [0.25, 0.3) is 0 Å². The molecule has 0 radical (unpaired) electrons. The van der Waals surface area contributed by atoms with Gasteiger partial charge in [0.05, 0.1) is 35.8 Å². The third-order valence-corrected chi connectivity index (χ3v) is 12.3. The molecule has 2 aromatic carbocycles. The summed E-state index contributed by atoms with van der Waals surface area (Å²) in [5.41, 5.74) is 2.36. The predicted molar refractivity (Wildman–Crippen MR) is 181 cm³/mol. The highest BCUT2D eigenvalue weighted by atomic mass is 32.2. The number of hydrogen-bond donors (Lipinski definition) is 3. The van der Waals surface area contributed by atoms with Crippen LogP contribution in [0.25, 0.3) is 0 Å². The molecule has 45 heavy (non-hydrogen) atoms. The van der Waals surface area contributed by atoms with Crippen molar-refractivity contribution in [3.8, 4) is 5.75 Å². The van der Waals surface area contributed by atoms with Crippen LogP contribution in [0.3, 0.4) is 0 Å². The SMILES string of the molecule is CCOc1ccc(NC(=O)[C@H]2[C@H]3C(=O)N([C@@H](CO)[C@@H](C)CC)C(C(=O)Nc4ccc(N(CC)CC)cc4)C34CC[C@]2(C)S4)cc1. The van der Waals surface area contributed by atoms with Crippen LogP contribution in [0.15, 0.2) is 48.5 Å². The first-order chi connectivity index (χ1) is 21.6. The number of rotatable bonds is 13. The molecule has 7 atom stereocenters. The molecule has 0 aliphatic carbocycles. The number of likely N-dealkylation sites (tertiary alicyclic amines) is 1. The van der Waals surface area contributed by atoms with E-state index in [-0.39, 0.29) is 30.2 Å². The second-order valence-electron chi connectivity index (χ2n) is 12.8. The van der Waals surface area contributed by atoms with Crippen LogP contribution in [0, 0.1) is 17.8 Å². The normalized spacial score (nSPS) is 28.0. The molecule has 3 heterocycles. The van der Waals surface area contributed by atoms with Crippen LogP contribution in [0.1, 0.15) is 60.8 Å². The number of hydrogen-bond acceptors (Lipinski definition) is 7. The molecular formula is C35H48N4O5S. The molecule has 0 saturated carbocycles. The third kappa shape index (κ3) is 5.80. The lowest BCUT2D eigenvalue weighted by molar-refractivity contribution is -0.142. The van der Waals surface area contributed by atoms with Crippen molar-refractivity contribution in [1.29, 1.82) is 0 Å². The summed E-state index contributed by atoms with van der Waals surface area (Å²) in [4.78, 5) is 46.9. The minimum absolute atomic E-state index is 0.0354. The van der Waals surface area contributed by atoms with Gasteiger partial charge in [0.2, 0.25) is 17.7 Å². The molecule has 244 valence electrons. The topological polar surface area (TPSA) is 111 Å². The summed E-state index contributed by atoms with van der Waals surface area (Å²) in [5, 5.41) is 16.8. The monoisotopic (exact) mass is 636 g/mol. The molecule has 3 aliphatic heterocycles. The van der Waals surface area contributed by atoms with Crippen molar-refractivity contribution in [3.63, 3.8) is 0 Å². The maximum Gasteiger partial charge on any atom is 0.248 e. The summed E-state index contributed by atoms with van der Waals surface area (Å²) >= 11 is 1.63. The largest absolute Gasteiger partial charge is 0.494 e. The maximum atomic E-state index is 14.6. The van der Waals surface area contributed by atoms with Gasteiger partial charge in [-0.3, -0.25) is 14.4 Å². The zero-order valence-corrected chi connectivity index (χ0v) is 28.2. The summed E-state index contributed by atoms with van der Waals surface area (Å²) in [6.45, 7) is 14.3. The van der Waals surface area contributed by atoms with Gasteiger partial charge >= 0.3 is 0 Å². The lowest BCUT2D eigenvalue weighted by Crippen LogP contribution is -2.56. The Morgan fingerprint density at radius 1 is 1.00 bits per heavy atom. The Balaban J connectivity index is 1.48. The Hall–Kier alpha value is -3.24. The number of carbonyl (C=O) groups excluding carboxylic acids is 3. The van der Waals surface area contributed by atoms with Crippen molar-refractivity contribution in [2.75, 3.05) is 41.8 Å². The summed E-state index contributed by atoms with van der Waals surface area (Å²) in [6.07, 6.45) is 2.10. The van der Waals surface area contributed by atoms with Crippen molar-refractivity contribution in [3.05, 3.63) is 48.5 Å². The molecule has 3 amide bonds. The lowest BCUT2D eigenvalue weighted by atomic mass is 9.66. The highest BCUT2D eigenvalue weighted by Gasteiger charge is 2.77. The number of carbonyl (C=O) groups is 3. The van der Waals surface area contributed by atoms with E-state index in [1.807, 2.05) is 57.2 Å². The predicted octanol–water partition coefficient (Wildman–Crippen LogP) is 5.40. The molecule has 3 aliphatic rings. The van der Waals surface area contributed by atoms with Crippen molar-refractivity contribution < 1.29 is 24.2 Å². The Kier molecular flexibility index (Phi) is 9.75. The molecule has 2 unspecified atom stereocenters. The number of nitrogens with zero attached hydrogens (tertiary/aromatic N) is 2. The fourth-order valence-electron chi connectivity index (χ4n) is 7.81. The van der Waals surface area contributed by atoms with Gasteiger partial charge in [-0.25, -0.2) is 0 Å². The van der Waals surface area contributed by atoms with E-state index in [0.717, 1.165) is 30.9 Å². The van der Waals surface area contributed by atoms with E-state index in [1.54, 1.807) is 28.8 Å². The summed E-state index contributed by atoms with van der Waals surface area (Å²) in [5.74, 6) is -1.32. The van der Waals surface area contributed by atoms with Gasteiger partial charge in [-0.1, -0.05) is 20.3 Å². The third-order valence-electron chi connectivity index (χ3n) is 10.3. The van der Waals surface area contributed by atoms with Crippen LogP contribution in [0.4, 0.5) is 17.1 Å². The van der Waals surface area contributed by atoms with E-state index in [2.05, 4.69) is 36.3 Å². The van der Waals surface area contributed by atoms with Crippen molar-refractivity contribution in [1.82, 2.24) is 4.90 Å². The highest BCUT2D eigenvalue weighted by Crippen LogP contribution is 2.71. The number of aliphatic hydroxyl groups is 1. The number of nitrogens with one attached hydrogen (secondary N) is 2. The van der Waals surface area contributed by atoms with E-state index < -0.39 is 33.4 Å². The van der Waals surface area contributed by atoms with E-state index in [1.165, 1.54) is 0 Å². The Morgan fingerprint density at radius 3 is 2.16 bits per heavy atom. The van der Waals surface area contributed by atoms with Crippen LogP contribution in [-0.2, 0) is 14.4 Å². The summed E-state index contributed by atoms with van der Waals surface area (Å²) in [7, 11) is 0. The van der Waals surface area contributed by atoms with E-state index in [0.29, 0.717) is 30.8 Å². The van der Waals surface area contributed by atoms with Crippen molar-refractivity contribution in [2.45, 2.75) is 82.4 Å². The number of fused-ring (bicyclic) bond motifs is 1. The average molecular weight is 637 g/mol. The molecule has 3 saturated heterocycles. The zero-order valence-electron chi connectivity index (χ0n) is 27.3. The molecular weight excluding hydrogens is 588 g/mol. The summed E-state index contributed by atoms with van der Waals surface area (Å²) < 4.78 is 4.26. The van der Waals surface area contributed by atoms with Crippen molar-refractivity contribution >= 4 is 46.5 Å². The number of thioether (sulfide) groups is 1. The van der Waals surface area contributed by atoms with Gasteiger partial charge in [-0.05, 0) is 95.0 Å². The molecule has 2 bridgehead atoms. The van der Waals surface area contributed by atoms with E-state index in [4.69, 9.17) is 4.74 Å². The minimum atomic E-state index is -0.821. The Labute approximate surface area is 271 Å². The van der Waals surface area contributed by atoms with Gasteiger partial charge in [-0.15, -0.1) is 11.8 Å². The van der Waals surface area contributed by atoms with Crippen LogP contribution >= 0.6 is 11.8 Å². The molecule has 10 heteroatoms. The second kappa shape index (κ2) is 13.2. The van der Waals surface area contributed by atoms with E-state index in [9.17, 15) is 19.5 Å². The van der Waals surface area contributed by atoms with Crippen molar-refractivity contribution in [2.24, 2.45) is 17.8 Å². The van der Waals surface area contributed by atoms with Gasteiger partial charge < -0.3 is 30.3 Å². The molecule has 1 spiro atoms. The first kappa shape index (κ1) is 33.1. The fraction of sp³-hybridized carbons (Fsp3) is 0.571. The number of aliphatic hydroxyl groups excluding tert-OH is 1. The molecule has 3 N–H and O–H groups in total. The molecule has 3 fully saturated rings. The minimum Gasteiger partial charge on any atom is -0.494 e. The summed E-state index contributed by atoms with van der Waals surface area (Å²) in [6, 6.07) is 13.7. The van der Waals surface area contributed by atoms with Gasteiger partial charge in [0.15, 0.2) is 0 Å². The second-order valence-corrected chi connectivity index (χ2v) is 14.7. The zero-order chi connectivity index (χ0) is 32.5. The molecule has 2 aromatic rings. The number of amides is 3.